The van der Waals surface area contributed by atoms with Crippen molar-refractivity contribution in [3.63, 3.8) is 0 Å². The SMILES string of the molecule is O=C(NCC(F)(F)F)c1ncn2c1CN(C(=O)Nc1ccc(F)c(F)c1)CC2. The van der Waals surface area contributed by atoms with Gasteiger partial charge in [-0.3, -0.25) is 4.79 Å². The number of fused-ring (bicyclic) bond motifs is 1. The van der Waals surface area contributed by atoms with Gasteiger partial charge < -0.3 is 20.1 Å². The van der Waals surface area contributed by atoms with E-state index < -0.39 is 36.3 Å². The van der Waals surface area contributed by atoms with Gasteiger partial charge in [-0.15, -0.1) is 0 Å². The van der Waals surface area contributed by atoms with E-state index in [-0.39, 0.29) is 36.7 Å². The van der Waals surface area contributed by atoms with Gasteiger partial charge in [0, 0.05) is 24.8 Å². The van der Waals surface area contributed by atoms with Crippen LogP contribution in [0.4, 0.5) is 32.4 Å². The van der Waals surface area contributed by atoms with Crippen molar-refractivity contribution in [2.75, 3.05) is 18.4 Å². The first-order valence-corrected chi connectivity index (χ1v) is 8.04. The van der Waals surface area contributed by atoms with Crippen molar-refractivity contribution in [3.05, 3.63) is 47.5 Å². The zero-order valence-electron chi connectivity index (χ0n) is 14.2. The van der Waals surface area contributed by atoms with Gasteiger partial charge in [-0.05, 0) is 12.1 Å². The number of halogens is 5. The summed E-state index contributed by atoms with van der Waals surface area (Å²) in [5.41, 5.74) is 0.0899. The highest BCUT2D eigenvalue weighted by Crippen LogP contribution is 2.19. The molecular weight excluding hydrogens is 389 g/mol. The fourth-order valence-corrected chi connectivity index (χ4v) is 2.66. The lowest BCUT2D eigenvalue weighted by Gasteiger charge is -2.28. The van der Waals surface area contributed by atoms with Crippen LogP contribution >= 0.6 is 0 Å². The lowest BCUT2D eigenvalue weighted by Crippen LogP contribution is -2.41. The van der Waals surface area contributed by atoms with E-state index in [1.807, 2.05) is 0 Å². The Bertz CT molecular complexity index is 911. The number of nitrogens with zero attached hydrogens (tertiary/aromatic N) is 3. The number of alkyl halides is 3. The Hall–Kier alpha value is -3.18. The molecule has 0 bridgehead atoms. The first kappa shape index (κ1) is 19.6. The molecule has 3 rings (SSSR count). The topological polar surface area (TPSA) is 79.3 Å². The Morgan fingerprint density at radius 1 is 1.14 bits per heavy atom. The molecule has 1 aliphatic rings. The second-order valence-corrected chi connectivity index (χ2v) is 6.01. The molecule has 0 fully saturated rings. The number of hydrogen-bond acceptors (Lipinski definition) is 3. The zero-order valence-corrected chi connectivity index (χ0v) is 14.2. The van der Waals surface area contributed by atoms with Crippen molar-refractivity contribution in [1.29, 1.82) is 0 Å². The van der Waals surface area contributed by atoms with Gasteiger partial charge in [0.2, 0.25) is 0 Å². The minimum Gasteiger partial charge on any atom is -0.342 e. The van der Waals surface area contributed by atoms with Gasteiger partial charge >= 0.3 is 12.2 Å². The summed E-state index contributed by atoms with van der Waals surface area (Å²) in [6.45, 7) is -1.11. The number of urea groups is 1. The smallest absolute Gasteiger partial charge is 0.342 e. The second kappa shape index (κ2) is 7.44. The van der Waals surface area contributed by atoms with E-state index in [9.17, 15) is 31.5 Å². The second-order valence-electron chi connectivity index (χ2n) is 6.01. The first-order valence-electron chi connectivity index (χ1n) is 8.04. The van der Waals surface area contributed by atoms with Crippen LogP contribution < -0.4 is 10.6 Å². The van der Waals surface area contributed by atoms with E-state index in [1.54, 1.807) is 9.88 Å². The van der Waals surface area contributed by atoms with Crippen LogP contribution in [-0.4, -0.2) is 45.7 Å². The molecule has 0 atom stereocenters. The highest BCUT2D eigenvalue weighted by atomic mass is 19.4. The number of anilines is 1. The van der Waals surface area contributed by atoms with Gasteiger partial charge in [0.15, 0.2) is 17.3 Å². The third-order valence-corrected chi connectivity index (χ3v) is 4.02. The van der Waals surface area contributed by atoms with Crippen LogP contribution in [0.3, 0.4) is 0 Å². The van der Waals surface area contributed by atoms with Crippen molar-refractivity contribution in [1.82, 2.24) is 19.8 Å². The maximum atomic E-state index is 13.2. The highest BCUT2D eigenvalue weighted by Gasteiger charge is 2.31. The number of benzene rings is 1. The van der Waals surface area contributed by atoms with Crippen molar-refractivity contribution in [2.24, 2.45) is 0 Å². The fraction of sp³-hybridized carbons (Fsp3) is 0.312. The summed E-state index contributed by atoms with van der Waals surface area (Å²) < 4.78 is 64.6. The molecule has 0 unspecified atom stereocenters. The van der Waals surface area contributed by atoms with E-state index in [0.29, 0.717) is 0 Å². The van der Waals surface area contributed by atoms with Crippen LogP contribution in [0.2, 0.25) is 0 Å². The normalized spacial score (nSPS) is 13.8. The minimum absolute atomic E-state index is 0.0334. The average Bonchev–Trinajstić information content (AvgIpc) is 3.05. The zero-order chi connectivity index (χ0) is 20.5. The van der Waals surface area contributed by atoms with Gasteiger partial charge in [-0.2, -0.15) is 13.2 Å². The van der Waals surface area contributed by atoms with Crippen LogP contribution in [0.5, 0.6) is 0 Å². The lowest BCUT2D eigenvalue weighted by molar-refractivity contribution is -0.123. The molecule has 2 N–H and O–H groups in total. The predicted octanol–water partition coefficient (Wildman–Crippen LogP) is 2.50. The molecule has 28 heavy (non-hydrogen) atoms. The standard InChI is InChI=1S/C16H14F5N5O2/c17-10-2-1-9(5-11(10)18)24-15(28)25-3-4-26-8-23-13(12(26)6-25)14(27)22-7-16(19,20)21/h1-2,5,8H,3-4,6-7H2,(H,22,27)(H,24,28). The summed E-state index contributed by atoms with van der Waals surface area (Å²) in [6.07, 6.45) is -3.26. The van der Waals surface area contributed by atoms with E-state index in [4.69, 9.17) is 0 Å². The van der Waals surface area contributed by atoms with Crippen LogP contribution in [0.1, 0.15) is 16.2 Å². The highest BCUT2D eigenvalue weighted by molar-refractivity contribution is 5.94. The Morgan fingerprint density at radius 3 is 2.57 bits per heavy atom. The number of hydrogen-bond donors (Lipinski definition) is 2. The third kappa shape index (κ3) is 4.38. The summed E-state index contributed by atoms with van der Waals surface area (Å²) in [4.78, 5) is 29.4. The molecule has 1 aliphatic heterocycles. The molecule has 0 aliphatic carbocycles. The Labute approximate surface area is 155 Å². The maximum absolute atomic E-state index is 13.2. The number of amides is 3. The molecule has 0 saturated heterocycles. The van der Waals surface area contributed by atoms with Gasteiger partial charge in [-0.1, -0.05) is 0 Å². The van der Waals surface area contributed by atoms with Gasteiger partial charge in [0.25, 0.3) is 5.91 Å². The summed E-state index contributed by atoms with van der Waals surface area (Å²) >= 11 is 0. The van der Waals surface area contributed by atoms with Gasteiger partial charge in [-0.25, -0.2) is 18.6 Å². The van der Waals surface area contributed by atoms with Crippen LogP contribution in [0, 0.1) is 11.6 Å². The third-order valence-electron chi connectivity index (χ3n) is 4.02. The molecule has 2 heterocycles. The number of nitrogens with one attached hydrogen (secondary N) is 2. The van der Waals surface area contributed by atoms with Crippen LogP contribution in [0.15, 0.2) is 24.5 Å². The molecule has 7 nitrogen and oxygen atoms in total. The number of rotatable bonds is 3. The monoisotopic (exact) mass is 403 g/mol. The minimum atomic E-state index is -4.56. The fourth-order valence-electron chi connectivity index (χ4n) is 2.66. The predicted molar refractivity (Wildman–Crippen MR) is 86.4 cm³/mol. The summed E-state index contributed by atoms with van der Waals surface area (Å²) in [5.74, 6) is -3.19. The van der Waals surface area contributed by atoms with Crippen molar-refractivity contribution < 1.29 is 31.5 Å². The molecule has 0 saturated carbocycles. The first-order chi connectivity index (χ1) is 13.1. The molecule has 0 spiro atoms. The molecule has 3 amide bonds. The molecule has 1 aromatic heterocycles. The van der Waals surface area contributed by atoms with Gasteiger partial charge in [0.1, 0.15) is 6.54 Å². The summed E-state index contributed by atoms with van der Waals surface area (Å²) in [7, 11) is 0. The Balaban J connectivity index is 1.69. The summed E-state index contributed by atoms with van der Waals surface area (Å²) in [5, 5.41) is 4.13. The molecule has 12 heteroatoms. The molecule has 0 radical (unpaired) electrons. The molecule has 150 valence electrons. The van der Waals surface area contributed by atoms with E-state index in [1.165, 1.54) is 17.3 Å². The van der Waals surface area contributed by atoms with Crippen molar-refractivity contribution in [3.8, 4) is 0 Å². The molecule has 1 aromatic carbocycles. The maximum Gasteiger partial charge on any atom is 0.405 e. The van der Waals surface area contributed by atoms with Gasteiger partial charge in [0.05, 0.1) is 18.6 Å². The number of carbonyl (C=O) groups is 2. The summed E-state index contributed by atoms with van der Waals surface area (Å²) in [6, 6.07) is 2.22. The Morgan fingerprint density at radius 2 is 1.89 bits per heavy atom. The van der Waals surface area contributed by atoms with E-state index in [2.05, 4.69) is 10.3 Å². The van der Waals surface area contributed by atoms with E-state index in [0.717, 1.165) is 12.1 Å². The van der Waals surface area contributed by atoms with Crippen LogP contribution in [0.25, 0.3) is 0 Å². The molecular formula is C16H14F5N5O2. The number of imidazole rings is 1. The van der Waals surface area contributed by atoms with E-state index >= 15 is 0 Å². The van der Waals surface area contributed by atoms with Crippen molar-refractivity contribution >= 4 is 17.6 Å². The quantitative estimate of drug-likeness (QED) is 0.773. The largest absolute Gasteiger partial charge is 0.405 e. The van der Waals surface area contributed by atoms with Crippen LogP contribution in [-0.2, 0) is 13.1 Å². The number of aromatic nitrogens is 2. The Kier molecular flexibility index (Phi) is 5.21. The number of carbonyl (C=O) groups excluding carboxylic acids is 2. The average molecular weight is 403 g/mol. The molecule has 2 aromatic rings. The lowest BCUT2D eigenvalue weighted by atomic mass is 10.2. The van der Waals surface area contributed by atoms with Crippen molar-refractivity contribution in [2.45, 2.75) is 19.3 Å².